The topological polar surface area (TPSA) is 35.5 Å². The monoisotopic (exact) mass is 367 g/mol. The summed E-state index contributed by atoms with van der Waals surface area (Å²) in [4.78, 5) is 11.4. The molecule has 5 heteroatoms. The van der Waals surface area contributed by atoms with Crippen molar-refractivity contribution < 1.29 is 33.7 Å². The van der Waals surface area contributed by atoms with Gasteiger partial charge in [-0.3, -0.25) is 0 Å². The van der Waals surface area contributed by atoms with Crippen molar-refractivity contribution in [3.05, 3.63) is 46.5 Å². The first-order valence-corrected chi connectivity index (χ1v) is 7.73. The fourth-order valence-corrected chi connectivity index (χ4v) is 2.79. The zero-order chi connectivity index (χ0) is 16.4. The van der Waals surface area contributed by atoms with Crippen LogP contribution in [0.3, 0.4) is 0 Å². The maximum atomic E-state index is 11.4. The van der Waals surface area contributed by atoms with E-state index in [4.69, 9.17) is 8.06 Å². The van der Waals surface area contributed by atoms with E-state index in [2.05, 4.69) is 13.8 Å². The summed E-state index contributed by atoms with van der Waals surface area (Å²) in [6.45, 7) is 9.63. The molecular weight excluding hydrogens is 348 g/mol. The second kappa shape index (κ2) is 8.00. The number of esters is 1. The summed E-state index contributed by atoms with van der Waals surface area (Å²) in [5, 5.41) is 0. The predicted molar refractivity (Wildman–Crippen MR) is 90.0 cm³/mol. The molecular formula is C18H20ClO3Ti. The fraction of sp³-hybridized carbons (Fsp3) is 0.278. The van der Waals surface area contributed by atoms with Crippen molar-refractivity contribution in [2.75, 3.05) is 0 Å². The molecule has 2 aromatic rings. The molecule has 0 spiro atoms. The average Bonchev–Trinajstić information content (AvgIpc) is 2.46. The van der Waals surface area contributed by atoms with Gasteiger partial charge in [-0.25, -0.2) is 0 Å². The molecule has 2 aromatic carbocycles. The summed E-state index contributed by atoms with van der Waals surface area (Å²) < 4.78 is 11.0. The van der Waals surface area contributed by atoms with Gasteiger partial charge in [0.2, 0.25) is 0 Å². The Morgan fingerprint density at radius 2 is 1.30 bits per heavy atom. The third-order valence-corrected chi connectivity index (χ3v) is 4.35. The first-order chi connectivity index (χ1) is 10.4. The van der Waals surface area contributed by atoms with Crippen LogP contribution in [0.5, 0.6) is 11.5 Å². The van der Waals surface area contributed by atoms with Gasteiger partial charge in [-0.1, -0.05) is 0 Å². The van der Waals surface area contributed by atoms with Gasteiger partial charge in [0.1, 0.15) is 0 Å². The fourth-order valence-electron chi connectivity index (χ4n) is 2.53. The summed E-state index contributed by atoms with van der Waals surface area (Å²) in [6, 6.07) is 7.81. The molecule has 0 atom stereocenters. The number of ether oxygens (including phenoxy) is 1. The van der Waals surface area contributed by atoms with E-state index in [1.165, 1.54) is 12.5 Å². The second-order valence-electron chi connectivity index (χ2n) is 5.46. The van der Waals surface area contributed by atoms with Crippen LogP contribution in [0.25, 0.3) is 11.1 Å². The van der Waals surface area contributed by atoms with Crippen molar-refractivity contribution in [1.82, 2.24) is 0 Å². The van der Waals surface area contributed by atoms with Crippen LogP contribution < -0.4 is 8.06 Å². The van der Waals surface area contributed by atoms with Gasteiger partial charge in [-0.05, 0) is 0 Å². The third-order valence-electron chi connectivity index (χ3n) is 4.01. The van der Waals surface area contributed by atoms with Crippen LogP contribution in [0.2, 0.25) is 0 Å². The van der Waals surface area contributed by atoms with E-state index in [9.17, 15) is 4.79 Å². The Morgan fingerprint density at radius 3 is 1.74 bits per heavy atom. The van der Waals surface area contributed by atoms with E-state index in [-0.39, 0.29) is 18.4 Å². The van der Waals surface area contributed by atoms with Crippen LogP contribution in [0, 0.1) is 27.7 Å². The molecule has 0 unspecified atom stereocenters. The van der Waals surface area contributed by atoms with E-state index in [0.29, 0.717) is 5.75 Å². The summed E-state index contributed by atoms with van der Waals surface area (Å²) in [5.41, 5.74) is 6.44. The van der Waals surface area contributed by atoms with E-state index < -0.39 is 0 Å². The Balaban J connectivity index is 0.00000264. The standard InChI is InChI=1S/C18H20O3.ClH.Ti/c1-10-6-8-15(20)17(12(10)3)18-13(4)11(2)7-9-16(18)21-14(5)19;;/h6-9,20H,1-5H3;1H;/q;;+1/p-1. The Hall–Kier alpha value is -1.29. The summed E-state index contributed by atoms with van der Waals surface area (Å²) >= 11 is 1.66. The molecule has 0 aliphatic carbocycles. The van der Waals surface area contributed by atoms with E-state index in [1.807, 2.05) is 38.1 Å². The number of rotatable bonds is 3. The first kappa shape index (κ1) is 19.8. The molecule has 121 valence electrons. The summed E-state index contributed by atoms with van der Waals surface area (Å²) in [7, 11) is 0. The molecule has 0 saturated carbocycles. The Labute approximate surface area is 155 Å². The minimum atomic E-state index is -0.325. The quantitative estimate of drug-likeness (QED) is 0.445. The number of hydrogen-bond donors (Lipinski definition) is 0. The van der Waals surface area contributed by atoms with Gasteiger partial charge >= 0.3 is 143 Å². The van der Waals surface area contributed by atoms with Gasteiger partial charge in [-0.2, -0.15) is 0 Å². The van der Waals surface area contributed by atoms with Gasteiger partial charge in [0.25, 0.3) is 0 Å². The molecule has 0 fully saturated rings. The normalized spacial score (nSPS) is 9.91. The van der Waals surface area contributed by atoms with E-state index in [1.54, 1.807) is 20.8 Å². The number of benzene rings is 2. The maximum Gasteiger partial charge on any atom is -0.147 e. The molecule has 0 saturated heterocycles. The molecule has 23 heavy (non-hydrogen) atoms. The number of halogens is 1. The largest absolute Gasteiger partial charge is 0.147 e. The van der Waals surface area contributed by atoms with Gasteiger partial charge in [0.05, 0.1) is 0 Å². The van der Waals surface area contributed by atoms with Crippen LogP contribution in [-0.4, -0.2) is 5.97 Å². The van der Waals surface area contributed by atoms with Crippen LogP contribution in [0.15, 0.2) is 24.3 Å². The van der Waals surface area contributed by atoms with Crippen LogP contribution >= 0.6 is 12.4 Å². The first-order valence-electron chi connectivity index (χ1n) is 7.09. The van der Waals surface area contributed by atoms with Crippen molar-refractivity contribution in [1.29, 1.82) is 0 Å². The molecule has 0 aromatic heterocycles. The number of aryl methyl sites for hydroxylation is 2. The Kier molecular flexibility index (Phi) is 6.88. The van der Waals surface area contributed by atoms with Crippen LogP contribution in [0.4, 0.5) is 0 Å². The predicted octanol–water partition coefficient (Wildman–Crippen LogP) is 4.77. The third kappa shape index (κ3) is 3.98. The Bertz CT molecular complexity index is 742. The maximum absolute atomic E-state index is 11.4. The molecule has 0 aliphatic rings. The van der Waals surface area contributed by atoms with Crippen LogP contribution in [0.1, 0.15) is 29.2 Å². The molecule has 0 radical (unpaired) electrons. The molecule has 2 rings (SSSR count). The number of carbonyl (C=O) groups excluding carboxylic acids is 1. The smallest absolute Gasteiger partial charge is 0.147 e. The van der Waals surface area contributed by atoms with Crippen LogP contribution in [-0.2, 0) is 25.6 Å². The Morgan fingerprint density at radius 1 is 0.870 bits per heavy atom. The van der Waals surface area contributed by atoms with E-state index >= 15 is 0 Å². The van der Waals surface area contributed by atoms with Crippen molar-refractivity contribution in [2.45, 2.75) is 34.6 Å². The molecule has 0 N–H and O–H groups in total. The number of carbonyl (C=O) groups is 1. The molecule has 0 amide bonds. The molecule has 0 heterocycles. The minimum Gasteiger partial charge on any atom is -0.147 e. The average molecular weight is 368 g/mol. The number of hydrogen-bond acceptors (Lipinski definition) is 3. The minimum absolute atomic E-state index is 0. The van der Waals surface area contributed by atoms with Crippen molar-refractivity contribution in [3.8, 4) is 22.6 Å². The van der Waals surface area contributed by atoms with E-state index in [0.717, 1.165) is 33.6 Å². The van der Waals surface area contributed by atoms with Crippen molar-refractivity contribution in [3.63, 3.8) is 0 Å². The van der Waals surface area contributed by atoms with Crippen molar-refractivity contribution >= 4 is 18.4 Å². The van der Waals surface area contributed by atoms with Gasteiger partial charge in [0.15, 0.2) is 0 Å². The second-order valence-corrected chi connectivity index (χ2v) is 5.78. The SMILES string of the molecule is CC(=O)Oc1ccc(C)c(C)c1-c1c([O][Ti])ccc(C)c1C.Cl. The van der Waals surface area contributed by atoms with Crippen molar-refractivity contribution in [2.24, 2.45) is 0 Å². The molecule has 3 nitrogen and oxygen atoms in total. The zero-order valence-corrected chi connectivity index (χ0v) is 16.3. The summed E-state index contributed by atoms with van der Waals surface area (Å²) in [6.07, 6.45) is 0. The molecule has 0 bridgehead atoms. The zero-order valence-electron chi connectivity index (χ0n) is 13.9. The van der Waals surface area contributed by atoms with Gasteiger partial charge in [-0.15, -0.1) is 12.4 Å². The van der Waals surface area contributed by atoms with Gasteiger partial charge < -0.3 is 0 Å². The molecule has 0 aliphatic heterocycles. The van der Waals surface area contributed by atoms with Gasteiger partial charge in [0, 0.05) is 0 Å². The summed E-state index contributed by atoms with van der Waals surface area (Å²) in [5.74, 6) is 1.03.